The van der Waals surface area contributed by atoms with Gasteiger partial charge >= 0.3 is 0 Å². The molecule has 1 fully saturated rings. The first-order chi connectivity index (χ1) is 7.19. The van der Waals surface area contributed by atoms with Crippen molar-refractivity contribution in [3.63, 3.8) is 0 Å². The van der Waals surface area contributed by atoms with Crippen LogP contribution in [0.3, 0.4) is 0 Å². The normalized spacial score (nSPS) is 23.2. The number of rotatable bonds is 4. The predicted octanol–water partition coefficient (Wildman–Crippen LogP) is 5.62. The molecule has 0 aromatic rings. The summed E-state index contributed by atoms with van der Waals surface area (Å²) < 4.78 is 0. The fraction of sp³-hybridized carbons (Fsp3) is 1.00. The Morgan fingerprint density at radius 1 is 0.500 bits per heavy atom. The van der Waals surface area contributed by atoms with Gasteiger partial charge in [0.2, 0.25) is 0 Å². The van der Waals surface area contributed by atoms with Crippen molar-refractivity contribution in [1.29, 1.82) is 0 Å². The van der Waals surface area contributed by atoms with Crippen molar-refractivity contribution < 1.29 is 0 Å². The third-order valence-electron chi connectivity index (χ3n) is 5.92. The standard InChI is InChI=1S/C14H32Si2/c1-11(2)15(12(3)4)9-16(10-15,13(5)6)14(7)8/h11-14H,9-10H2,1-8H3. The van der Waals surface area contributed by atoms with Crippen molar-refractivity contribution >= 4 is 16.1 Å². The summed E-state index contributed by atoms with van der Waals surface area (Å²) in [6, 6.07) is 0. The van der Waals surface area contributed by atoms with E-state index in [9.17, 15) is 0 Å². The van der Waals surface area contributed by atoms with E-state index < -0.39 is 16.1 Å². The SMILES string of the molecule is CC(C)[Si]1(C(C)C)C[Si](C(C)C)(C(C)C)C1. The Balaban J connectivity index is 2.89. The molecule has 0 N–H and O–H groups in total. The maximum Gasteiger partial charge on any atom is 0.0535 e. The quantitative estimate of drug-likeness (QED) is 0.573. The summed E-state index contributed by atoms with van der Waals surface area (Å²) in [5.41, 5.74) is 7.47. The van der Waals surface area contributed by atoms with Crippen molar-refractivity contribution in [2.24, 2.45) is 0 Å². The second-order valence-corrected chi connectivity index (χ2v) is 19.8. The van der Waals surface area contributed by atoms with Crippen LogP contribution in [0.25, 0.3) is 0 Å². The van der Waals surface area contributed by atoms with E-state index in [2.05, 4.69) is 55.4 Å². The Hall–Kier alpha value is 0.434. The van der Waals surface area contributed by atoms with Crippen LogP contribution >= 0.6 is 0 Å². The second kappa shape index (κ2) is 4.60. The van der Waals surface area contributed by atoms with Crippen molar-refractivity contribution in [3.8, 4) is 0 Å². The lowest BCUT2D eigenvalue weighted by atomic mass is 10.5. The van der Waals surface area contributed by atoms with Gasteiger partial charge in [0.05, 0.1) is 16.1 Å². The Morgan fingerprint density at radius 2 is 0.688 bits per heavy atom. The largest absolute Gasteiger partial charge is 0.0652 e. The van der Waals surface area contributed by atoms with E-state index in [1.807, 2.05) is 0 Å². The average Bonchev–Trinajstić information content (AvgIpc) is 1.98. The lowest BCUT2D eigenvalue weighted by molar-refractivity contribution is 0.808. The van der Waals surface area contributed by atoms with Gasteiger partial charge in [-0.05, 0) is 0 Å². The summed E-state index contributed by atoms with van der Waals surface area (Å²) in [4.78, 5) is 0. The van der Waals surface area contributed by atoms with Crippen LogP contribution in [0, 0.1) is 0 Å². The van der Waals surface area contributed by atoms with E-state index in [4.69, 9.17) is 0 Å². The third kappa shape index (κ3) is 1.96. The molecule has 0 atom stereocenters. The molecule has 0 bridgehead atoms. The van der Waals surface area contributed by atoms with Gasteiger partial charge in [-0.25, -0.2) is 0 Å². The number of hydrogen-bond donors (Lipinski definition) is 0. The lowest BCUT2D eigenvalue weighted by Crippen LogP contribution is -2.68. The Morgan fingerprint density at radius 3 is 0.812 bits per heavy atom. The molecule has 1 saturated heterocycles. The van der Waals surface area contributed by atoms with Crippen LogP contribution in [0.5, 0.6) is 0 Å². The van der Waals surface area contributed by atoms with E-state index in [1.54, 1.807) is 11.3 Å². The molecule has 0 nitrogen and oxygen atoms in total. The molecule has 0 aliphatic carbocycles. The molecule has 0 amide bonds. The van der Waals surface area contributed by atoms with Gasteiger partial charge in [-0.2, -0.15) is 0 Å². The predicted molar refractivity (Wildman–Crippen MR) is 81.5 cm³/mol. The zero-order valence-corrected chi connectivity index (χ0v) is 14.7. The third-order valence-corrected chi connectivity index (χ3v) is 25.6. The topological polar surface area (TPSA) is 0 Å². The van der Waals surface area contributed by atoms with Crippen molar-refractivity contribution in [2.75, 3.05) is 0 Å². The second-order valence-electron chi connectivity index (χ2n) is 7.44. The number of hydrogen-bond acceptors (Lipinski definition) is 0. The van der Waals surface area contributed by atoms with Crippen LogP contribution in [0.1, 0.15) is 55.4 Å². The molecule has 0 spiro atoms. The van der Waals surface area contributed by atoms with E-state index in [1.165, 1.54) is 0 Å². The van der Waals surface area contributed by atoms with E-state index >= 15 is 0 Å². The minimum atomic E-state index is -0.897. The molecule has 0 aromatic carbocycles. The summed E-state index contributed by atoms with van der Waals surface area (Å²) in [5, 5.41) is 0. The first kappa shape index (κ1) is 14.5. The fourth-order valence-electron chi connectivity index (χ4n) is 4.14. The van der Waals surface area contributed by atoms with Gasteiger partial charge in [0, 0.05) is 0 Å². The molecule has 0 radical (unpaired) electrons. The average molecular weight is 257 g/mol. The summed E-state index contributed by atoms with van der Waals surface area (Å²) in [5.74, 6) is 0. The van der Waals surface area contributed by atoms with Crippen molar-refractivity contribution in [2.45, 2.75) is 88.9 Å². The van der Waals surface area contributed by atoms with Crippen molar-refractivity contribution in [3.05, 3.63) is 0 Å². The Bertz CT molecular complexity index is 191. The Labute approximate surface area is 105 Å². The Kier molecular flexibility index (Phi) is 4.17. The molecule has 16 heavy (non-hydrogen) atoms. The monoisotopic (exact) mass is 256 g/mol. The zero-order valence-electron chi connectivity index (χ0n) is 12.7. The molecular weight excluding hydrogens is 224 g/mol. The van der Waals surface area contributed by atoms with E-state index in [-0.39, 0.29) is 0 Å². The first-order valence-corrected chi connectivity index (χ1v) is 12.3. The highest BCUT2D eigenvalue weighted by molar-refractivity contribution is 7.15. The molecule has 2 heteroatoms. The summed E-state index contributed by atoms with van der Waals surface area (Å²) in [7, 11) is -1.79. The minimum Gasteiger partial charge on any atom is -0.0652 e. The summed E-state index contributed by atoms with van der Waals surface area (Å²) >= 11 is 0. The van der Waals surface area contributed by atoms with Crippen LogP contribution in [0.15, 0.2) is 0 Å². The molecule has 96 valence electrons. The van der Waals surface area contributed by atoms with Gasteiger partial charge in [0.15, 0.2) is 0 Å². The van der Waals surface area contributed by atoms with Crippen molar-refractivity contribution in [1.82, 2.24) is 0 Å². The smallest absolute Gasteiger partial charge is 0.0535 e. The summed E-state index contributed by atoms with van der Waals surface area (Å²) in [6.07, 6.45) is 0. The highest BCUT2D eigenvalue weighted by Crippen LogP contribution is 2.60. The molecular formula is C14H32Si2. The molecule has 1 heterocycles. The summed E-state index contributed by atoms with van der Waals surface area (Å²) in [6.45, 7) is 20.0. The maximum absolute atomic E-state index is 2.51. The molecule has 1 rings (SSSR count). The van der Waals surface area contributed by atoms with Gasteiger partial charge < -0.3 is 0 Å². The minimum absolute atomic E-state index is 0.897. The molecule has 0 saturated carbocycles. The van der Waals surface area contributed by atoms with E-state index in [0.717, 1.165) is 22.2 Å². The van der Waals surface area contributed by atoms with Crippen LogP contribution in [-0.4, -0.2) is 16.1 Å². The molecule has 1 aliphatic heterocycles. The molecule has 0 unspecified atom stereocenters. The van der Waals surface area contributed by atoms with Gasteiger partial charge in [-0.15, -0.1) is 0 Å². The highest BCUT2D eigenvalue weighted by atomic mass is 28.5. The lowest BCUT2D eigenvalue weighted by Gasteiger charge is -2.62. The zero-order chi connectivity index (χ0) is 12.7. The van der Waals surface area contributed by atoms with Crippen LogP contribution in [0.2, 0.25) is 33.5 Å². The maximum atomic E-state index is 2.51. The van der Waals surface area contributed by atoms with Gasteiger partial charge in [-0.1, -0.05) is 88.9 Å². The molecule has 1 aliphatic rings. The van der Waals surface area contributed by atoms with Crippen LogP contribution < -0.4 is 0 Å². The van der Waals surface area contributed by atoms with Crippen LogP contribution in [-0.2, 0) is 0 Å². The van der Waals surface area contributed by atoms with Gasteiger partial charge in [0.1, 0.15) is 0 Å². The molecule has 0 aromatic heterocycles. The van der Waals surface area contributed by atoms with E-state index in [0.29, 0.717) is 0 Å². The van der Waals surface area contributed by atoms with Gasteiger partial charge in [0.25, 0.3) is 0 Å². The van der Waals surface area contributed by atoms with Crippen LogP contribution in [0.4, 0.5) is 0 Å². The fourth-order valence-corrected chi connectivity index (χ4v) is 29.3. The highest BCUT2D eigenvalue weighted by Gasteiger charge is 2.61. The van der Waals surface area contributed by atoms with Gasteiger partial charge in [-0.3, -0.25) is 0 Å². The first-order valence-electron chi connectivity index (χ1n) is 7.19.